The Morgan fingerprint density at radius 2 is 1.75 bits per heavy atom. The topological polar surface area (TPSA) is 52.6 Å². The lowest BCUT2D eigenvalue weighted by atomic mass is 10.6. The van der Waals surface area contributed by atoms with Crippen molar-refractivity contribution < 1.29 is 19.1 Å². The molecule has 0 aromatic heterocycles. The lowest BCUT2D eigenvalue weighted by Gasteiger charge is -2.05. The van der Waals surface area contributed by atoms with E-state index in [1.165, 1.54) is 0 Å². The van der Waals surface area contributed by atoms with Crippen molar-refractivity contribution in [1.29, 1.82) is 0 Å². The van der Waals surface area contributed by atoms with Gasteiger partial charge in [-0.3, -0.25) is 0 Å². The second kappa shape index (κ2) is 9.27. The molecule has 4 nitrogen and oxygen atoms in total. The van der Waals surface area contributed by atoms with Gasteiger partial charge in [0.15, 0.2) is 0 Å². The molecule has 0 saturated heterocycles. The van der Waals surface area contributed by atoms with Gasteiger partial charge in [-0.2, -0.15) is 0 Å². The molecule has 0 unspecified atom stereocenters. The summed E-state index contributed by atoms with van der Waals surface area (Å²) in [6.45, 7) is 7.58. The van der Waals surface area contributed by atoms with Crippen LogP contribution in [0.25, 0.3) is 0 Å². The fourth-order valence-electron chi connectivity index (χ4n) is 0.973. The standard InChI is InChI=1S/C11H19O4S/c1-4-10(12)14-7-8-15-11(13)9-16(5-2)6-3/h4H,1,5-9H2,2-3H3/q+1. The van der Waals surface area contributed by atoms with Crippen LogP contribution in [-0.4, -0.2) is 42.4 Å². The summed E-state index contributed by atoms with van der Waals surface area (Å²) in [7, 11) is 0.117. The molecule has 0 saturated carbocycles. The molecule has 92 valence electrons. The molecular weight excluding hydrogens is 228 g/mol. The first-order valence-electron chi connectivity index (χ1n) is 5.22. The van der Waals surface area contributed by atoms with E-state index in [1.54, 1.807) is 0 Å². The van der Waals surface area contributed by atoms with Crippen LogP contribution >= 0.6 is 0 Å². The molecule has 0 N–H and O–H groups in total. The summed E-state index contributed by atoms with van der Waals surface area (Å²) < 4.78 is 9.59. The molecule has 0 aromatic rings. The predicted molar refractivity (Wildman–Crippen MR) is 65.4 cm³/mol. The third kappa shape index (κ3) is 7.34. The highest BCUT2D eigenvalue weighted by atomic mass is 32.2. The number of ether oxygens (including phenoxy) is 2. The summed E-state index contributed by atoms with van der Waals surface area (Å²) in [5.74, 6) is 1.73. The molecule has 0 amide bonds. The van der Waals surface area contributed by atoms with Gasteiger partial charge < -0.3 is 9.47 Å². The molecule has 0 aliphatic carbocycles. The largest absolute Gasteiger partial charge is 0.459 e. The zero-order chi connectivity index (χ0) is 12.4. The van der Waals surface area contributed by atoms with Gasteiger partial charge in [-0.1, -0.05) is 6.58 Å². The lowest BCUT2D eigenvalue weighted by Crippen LogP contribution is -2.23. The van der Waals surface area contributed by atoms with Crippen molar-refractivity contribution in [3.8, 4) is 0 Å². The summed E-state index contributed by atoms with van der Waals surface area (Å²) in [5, 5.41) is 0. The second-order valence-electron chi connectivity index (χ2n) is 2.93. The van der Waals surface area contributed by atoms with Gasteiger partial charge >= 0.3 is 11.9 Å². The highest BCUT2D eigenvalue weighted by Gasteiger charge is 2.18. The van der Waals surface area contributed by atoms with Crippen LogP contribution in [0.2, 0.25) is 0 Å². The van der Waals surface area contributed by atoms with Gasteiger partial charge in [0, 0.05) is 6.08 Å². The monoisotopic (exact) mass is 247 g/mol. The van der Waals surface area contributed by atoms with E-state index >= 15 is 0 Å². The molecule has 0 radical (unpaired) electrons. The molecule has 0 heterocycles. The highest BCUT2D eigenvalue weighted by molar-refractivity contribution is 7.97. The fraction of sp³-hybridized carbons (Fsp3) is 0.636. The van der Waals surface area contributed by atoms with E-state index in [4.69, 9.17) is 4.74 Å². The third-order valence-corrected chi connectivity index (χ3v) is 4.17. The van der Waals surface area contributed by atoms with Gasteiger partial charge in [0.25, 0.3) is 0 Å². The van der Waals surface area contributed by atoms with Gasteiger partial charge in [-0.05, 0) is 24.7 Å². The number of rotatable bonds is 8. The molecule has 0 aromatic carbocycles. The van der Waals surface area contributed by atoms with Crippen LogP contribution in [0.4, 0.5) is 0 Å². The zero-order valence-corrected chi connectivity index (χ0v) is 10.7. The zero-order valence-electron chi connectivity index (χ0n) is 9.86. The summed E-state index contributed by atoms with van der Waals surface area (Å²) in [6, 6.07) is 0. The third-order valence-electron chi connectivity index (χ3n) is 1.90. The number of hydrogen-bond acceptors (Lipinski definition) is 4. The van der Waals surface area contributed by atoms with Crippen molar-refractivity contribution in [2.24, 2.45) is 0 Å². The van der Waals surface area contributed by atoms with E-state index in [2.05, 4.69) is 25.2 Å². The molecule has 5 heteroatoms. The minimum atomic E-state index is -0.502. The first kappa shape index (κ1) is 15.0. The summed E-state index contributed by atoms with van der Waals surface area (Å²) >= 11 is 0. The SMILES string of the molecule is C=CC(=O)OCCOC(=O)C[S+](CC)CC. The average molecular weight is 247 g/mol. The Bertz CT molecular complexity index is 236. The summed E-state index contributed by atoms with van der Waals surface area (Å²) in [5.41, 5.74) is 0. The van der Waals surface area contributed by atoms with Crippen molar-refractivity contribution in [1.82, 2.24) is 0 Å². The van der Waals surface area contributed by atoms with Crippen LogP contribution in [-0.2, 0) is 30.0 Å². The van der Waals surface area contributed by atoms with Gasteiger partial charge in [0.05, 0.1) is 0 Å². The Morgan fingerprint density at radius 3 is 2.25 bits per heavy atom. The highest BCUT2D eigenvalue weighted by Crippen LogP contribution is 1.97. The van der Waals surface area contributed by atoms with Gasteiger partial charge in [-0.25, -0.2) is 9.59 Å². The van der Waals surface area contributed by atoms with Gasteiger partial charge in [0.1, 0.15) is 24.7 Å². The van der Waals surface area contributed by atoms with Crippen LogP contribution in [0.1, 0.15) is 13.8 Å². The Morgan fingerprint density at radius 1 is 1.19 bits per heavy atom. The van der Waals surface area contributed by atoms with Crippen LogP contribution in [0.15, 0.2) is 12.7 Å². The number of carbonyl (C=O) groups excluding carboxylic acids is 2. The average Bonchev–Trinajstić information content (AvgIpc) is 2.31. The van der Waals surface area contributed by atoms with Crippen LogP contribution < -0.4 is 0 Å². The quantitative estimate of drug-likeness (QED) is 0.277. The Balaban J connectivity index is 3.57. The van der Waals surface area contributed by atoms with Crippen molar-refractivity contribution in [2.45, 2.75) is 13.8 Å². The van der Waals surface area contributed by atoms with Gasteiger partial charge in [0.2, 0.25) is 5.75 Å². The van der Waals surface area contributed by atoms with E-state index in [0.29, 0.717) is 5.75 Å². The molecule has 0 bridgehead atoms. The smallest absolute Gasteiger partial charge is 0.356 e. The number of esters is 2. The van der Waals surface area contributed by atoms with E-state index in [1.807, 2.05) is 0 Å². The molecule has 0 atom stereocenters. The number of hydrogen-bond donors (Lipinski definition) is 0. The normalized spacial score (nSPS) is 9.94. The van der Waals surface area contributed by atoms with E-state index in [-0.39, 0.29) is 30.1 Å². The van der Waals surface area contributed by atoms with Crippen LogP contribution in [0, 0.1) is 0 Å². The van der Waals surface area contributed by atoms with E-state index in [9.17, 15) is 9.59 Å². The van der Waals surface area contributed by atoms with Crippen molar-refractivity contribution >= 4 is 22.8 Å². The minimum Gasteiger partial charge on any atom is -0.459 e. The molecular formula is C11H19O4S+. The maximum atomic E-state index is 11.3. The minimum absolute atomic E-state index is 0.0859. The number of carbonyl (C=O) groups is 2. The van der Waals surface area contributed by atoms with Crippen molar-refractivity contribution in [2.75, 3.05) is 30.5 Å². The molecule has 0 rings (SSSR count). The lowest BCUT2D eigenvalue weighted by molar-refractivity contribution is -0.147. The van der Waals surface area contributed by atoms with E-state index < -0.39 is 5.97 Å². The summed E-state index contributed by atoms with van der Waals surface area (Å²) in [6.07, 6.45) is 1.08. The van der Waals surface area contributed by atoms with Crippen LogP contribution in [0.3, 0.4) is 0 Å². The maximum Gasteiger partial charge on any atom is 0.356 e. The molecule has 0 fully saturated rings. The molecule has 0 spiro atoms. The molecule has 0 aliphatic rings. The first-order chi connectivity index (χ1) is 7.63. The Kier molecular flexibility index (Phi) is 8.71. The molecule has 0 aliphatic heterocycles. The molecule has 16 heavy (non-hydrogen) atoms. The Hall–Kier alpha value is -0.970. The second-order valence-corrected chi connectivity index (χ2v) is 5.59. The van der Waals surface area contributed by atoms with Crippen molar-refractivity contribution in [3.63, 3.8) is 0 Å². The first-order valence-corrected chi connectivity index (χ1v) is 6.96. The van der Waals surface area contributed by atoms with Crippen LogP contribution in [0.5, 0.6) is 0 Å². The summed E-state index contributed by atoms with van der Waals surface area (Å²) in [4.78, 5) is 22.0. The maximum absolute atomic E-state index is 11.3. The van der Waals surface area contributed by atoms with E-state index in [0.717, 1.165) is 17.6 Å². The van der Waals surface area contributed by atoms with Gasteiger partial charge in [-0.15, -0.1) is 0 Å². The fourth-order valence-corrected chi connectivity index (χ4v) is 2.21. The van der Waals surface area contributed by atoms with Crippen molar-refractivity contribution in [3.05, 3.63) is 12.7 Å². The predicted octanol–water partition coefficient (Wildman–Crippen LogP) is 0.917. The Labute approximate surface area is 99.3 Å².